The van der Waals surface area contributed by atoms with Crippen LogP contribution in [-0.4, -0.2) is 20.6 Å². The Morgan fingerprint density at radius 2 is 2.25 bits per heavy atom. The van der Waals surface area contributed by atoms with Crippen molar-refractivity contribution >= 4 is 11.5 Å². The Kier molecular flexibility index (Phi) is 3.43. The molecule has 1 aliphatic heterocycles. The quantitative estimate of drug-likeness (QED) is 0.663. The monoisotopic (exact) mass is 278 g/mol. The van der Waals surface area contributed by atoms with Crippen LogP contribution in [0.5, 0.6) is 0 Å². The summed E-state index contributed by atoms with van der Waals surface area (Å²) in [5.74, 6) is 0.568. The number of hydrogen-bond acceptors (Lipinski definition) is 5. The Morgan fingerprint density at radius 3 is 3.00 bits per heavy atom. The van der Waals surface area contributed by atoms with Gasteiger partial charge in [-0.2, -0.15) is 0 Å². The standard InChI is InChI=1S/C13H18N4O3/c1-16-11(17(18)19)8-14-13(16)12-9-6-4-2-3-5-7-10(9)20-15-12/h8,10,15H,2-7H2,1H3. The van der Waals surface area contributed by atoms with Gasteiger partial charge in [-0.15, -0.1) is 0 Å². The third-order valence-electron chi connectivity index (χ3n) is 4.05. The van der Waals surface area contributed by atoms with Crippen LogP contribution in [0, 0.1) is 10.1 Å². The summed E-state index contributed by atoms with van der Waals surface area (Å²) in [7, 11) is 1.66. The van der Waals surface area contributed by atoms with Crippen LogP contribution in [0.1, 0.15) is 44.3 Å². The van der Waals surface area contributed by atoms with Crippen molar-refractivity contribution in [3.05, 3.63) is 27.7 Å². The number of imidazole rings is 1. The first-order valence-corrected chi connectivity index (χ1v) is 6.99. The third-order valence-corrected chi connectivity index (χ3v) is 4.05. The molecule has 7 nitrogen and oxygen atoms in total. The van der Waals surface area contributed by atoms with Crippen molar-refractivity contribution in [3.63, 3.8) is 0 Å². The molecule has 0 bridgehead atoms. The highest BCUT2D eigenvalue weighted by molar-refractivity contribution is 5.65. The summed E-state index contributed by atoms with van der Waals surface area (Å²) >= 11 is 0. The zero-order valence-electron chi connectivity index (χ0n) is 11.5. The number of nitrogens with one attached hydrogen (secondary N) is 1. The van der Waals surface area contributed by atoms with Crippen LogP contribution in [-0.2, 0) is 11.9 Å². The van der Waals surface area contributed by atoms with Gasteiger partial charge in [-0.3, -0.25) is 10.3 Å². The number of fused-ring (bicyclic) bond motifs is 1. The lowest BCUT2D eigenvalue weighted by atomic mass is 9.93. The minimum absolute atomic E-state index is 0.0100. The zero-order valence-corrected chi connectivity index (χ0v) is 11.5. The smallest absolute Gasteiger partial charge is 0.342 e. The maximum absolute atomic E-state index is 10.9. The van der Waals surface area contributed by atoms with Crippen LogP contribution < -0.4 is 5.48 Å². The highest BCUT2D eigenvalue weighted by Gasteiger charge is 2.32. The van der Waals surface area contributed by atoms with Crippen LogP contribution in [0.3, 0.4) is 0 Å². The van der Waals surface area contributed by atoms with Gasteiger partial charge < -0.3 is 10.1 Å². The molecular formula is C13H18N4O3. The molecule has 1 fully saturated rings. The topological polar surface area (TPSA) is 82.2 Å². The fraction of sp³-hybridized carbons (Fsp3) is 0.615. The third kappa shape index (κ3) is 2.18. The predicted molar refractivity (Wildman–Crippen MR) is 72.5 cm³/mol. The van der Waals surface area contributed by atoms with E-state index in [0.717, 1.165) is 31.4 Å². The number of hydroxylamine groups is 1. The van der Waals surface area contributed by atoms with Crippen LogP contribution in [0.25, 0.3) is 5.70 Å². The summed E-state index contributed by atoms with van der Waals surface area (Å²) in [5, 5.41) is 10.9. The molecule has 1 aromatic rings. The van der Waals surface area contributed by atoms with Gasteiger partial charge in [0.2, 0.25) is 5.82 Å². The average molecular weight is 278 g/mol. The molecule has 0 amide bonds. The first-order chi connectivity index (χ1) is 9.68. The summed E-state index contributed by atoms with van der Waals surface area (Å²) in [4.78, 5) is 20.3. The molecule has 2 heterocycles. The molecule has 1 aromatic heterocycles. The van der Waals surface area contributed by atoms with Gasteiger partial charge in [0.25, 0.3) is 0 Å². The lowest BCUT2D eigenvalue weighted by Crippen LogP contribution is -2.15. The Hall–Kier alpha value is -1.89. The highest BCUT2D eigenvalue weighted by atomic mass is 16.7. The fourth-order valence-corrected chi connectivity index (χ4v) is 2.94. The predicted octanol–water partition coefficient (Wildman–Crippen LogP) is 2.30. The number of hydrogen-bond donors (Lipinski definition) is 1. The minimum Gasteiger partial charge on any atom is -0.358 e. The van der Waals surface area contributed by atoms with Crippen molar-refractivity contribution in [1.82, 2.24) is 15.0 Å². The van der Waals surface area contributed by atoms with E-state index >= 15 is 0 Å². The Labute approximate surface area is 116 Å². The normalized spacial score (nSPS) is 22.9. The van der Waals surface area contributed by atoms with E-state index in [2.05, 4.69) is 10.5 Å². The molecule has 0 aromatic carbocycles. The second kappa shape index (κ2) is 5.24. The summed E-state index contributed by atoms with van der Waals surface area (Å²) in [5.41, 5.74) is 4.95. The van der Waals surface area contributed by atoms with Crippen LogP contribution in [0.15, 0.2) is 11.8 Å². The summed E-state index contributed by atoms with van der Waals surface area (Å²) in [6, 6.07) is 0. The molecule has 7 heteroatoms. The molecule has 1 saturated carbocycles. The molecule has 1 N–H and O–H groups in total. The van der Waals surface area contributed by atoms with E-state index in [1.54, 1.807) is 7.05 Å². The Balaban J connectivity index is 1.97. The molecule has 0 spiro atoms. The fourth-order valence-electron chi connectivity index (χ4n) is 2.94. The first-order valence-electron chi connectivity index (χ1n) is 6.99. The second-order valence-corrected chi connectivity index (χ2v) is 5.32. The second-order valence-electron chi connectivity index (χ2n) is 5.32. The molecule has 1 unspecified atom stereocenters. The molecule has 0 radical (unpaired) electrons. The first kappa shape index (κ1) is 13.1. The van der Waals surface area contributed by atoms with Gasteiger partial charge in [0.15, 0.2) is 0 Å². The maximum Gasteiger partial charge on any atom is 0.342 e. The molecule has 108 valence electrons. The molecular weight excluding hydrogens is 260 g/mol. The molecule has 2 aliphatic rings. The van der Waals surface area contributed by atoms with Gasteiger partial charge in [-0.25, -0.2) is 9.55 Å². The van der Waals surface area contributed by atoms with Crippen molar-refractivity contribution in [2.75, 3.05) is 0 Å². The van der Waals surface area contributed by atoms with E-state index in [9.17, 15) is 10.1 Å². The van der Waals surface area contributed by atoms with Gasteiger partial charge in [0.1, 0.15) is 18.0 Å². The molecule has 0 saturated heterocycles. The van der Waals surface area contributed by atoms with E-state index in [0.29, 0.717) is 5.82 Å². The van der Waals surface area contributed by atoms with Gasteiger partial charge in [0.05, 0.1) is 7.05 Å². The van der Waals surface area contributed by atoms with Crippen molar-refractivity contribution in [3.8, 4) is 0 Å². The maximum atomic E-state index is 10.9. The molecule has 3 rings (SSSR count). The van der Waals surface area contributed by atoms with E-state index in [4.69, 9.17) is 4.84 Å². The van der Waals surface area contributed by atoms with Gasteiger partial charge in [-0.1, -0.05) is 19.3 Å². The number of aromatic nitrogens is 2. The zero-order chi connectivity index (χ0) is 14.1. The number of rotatable bonds is 2. The SMILES string of the molecule is Cn1c([N+](=O)[O-])cnc1C1=C2CCCCCCC2ON1. The van der Waals surface area contributed by atoms with Gasteiger partial charge in [-0.05, 0) is 29.8 Å². The van der Waals surface area contributed by atoms with Crippen LogP contribution in [0.2, 0.25) is 0 Å². The minimum atomic E-state index is -0.423. The van der Waals surface area contributed by atoms with Crippen LogP contribution in [0.4, 0.5) is 5.82 Å². The number of nitro groups is 1. The summed E-state index contributed by atoms with van der Waals surface area (Å²) in [6.07, 6.45) is 8.10. The van der Waals surface area contributed by atoms with E-state index in [1.165, 1.54) is 29.2 Å². The largest absolute Gasteiger partial charge is 0.358 e. The Morgan fingerprint density at radius 1 is 1.45 bits per heavy atom. The average Bonchev–Trinajstić information content (AvgIpc) is 2.92. The van der Waals surface area contributed by atoms with Crippen molar-refractivity contribution in [2.45, 2.75) is 44.6 Å². The summed E-state index contributed by atoms with van der Waals surface area (Å²) in [6.45, 7) is 0. The van der Waals surface area contributed by atoms with Gasteiger partial charge in [0, 0.05) is 0 Å². The lowest BCUT2D eigenvalue weighted by molar-refractivity contribution is -0.391. The number of nitrogens with zero attached hydrogens (tertiary/aromatic N) is 3. The van der Waals surface area contributed by atoms with Crippen LogP contribution >= 0.6 is 0 Å². The van der Waals surface area contributed by atoms with Crippen molar-refractivity contribution in [2.24, 2.45) is 7.05 Å². The highest BCUT2D eigenvalue weighted by Crippen LogP contribution is 2.34. The molecule has 1 aliphatic carbocycles. The van der Waals surface area contributed by atoms with Crippen molar-refractivity contribution in [1.29, 1.82) is 0 Å². The summed E-state index contributed by atoms with van der Waals surface area (Å²) < 4.78 is 1.50. The van der Waals surface area contributed by atoms with E-state index in [-0.39, 0.29) is 11.9 Å². The lowest BCUT2D eigenvalue weighted by Gasteiger charge is -2.15. The van der Waals surface area contributed by atoms with E-state index < -0.39 is 4.92 Å². The molecule has 20 heavy (non-hydrogen) atoms. The van der Waals surface area contributed by atoms with Gasteiger partial charge >= 0.3 is 5.82 Å². The van der Waals surface area contributed by atoms with Crippen molar-refractivity contribution < 1.29 is 9.76 Å². The molecule has 1 atom stereocenters. The Bertz CT molecular complexity index is 564. The van der Waals surface area contributed by atoms with E-state index in [1.807, 2.05) is 0 Å².